The zero-order chi connectivity index (χ0) is 23.4. The predicted molar refractivity (Wildman–Crippen MR) is 121 cm³/mol. The summed E-state index contributed by atoms with van der Waals surface area (Å²) in [6, 6.07) is 10.8. The molecule has 33 heavy (non-hydrogen) atoms. The molecule has 0 fully saturated rings. The molecule has 0 bridgehead atoms. The van der Waals surface area contributed by atoms with Gasteiger partial charge >= 0.3 is 0 Å². The van der Waals surface area contributed by atoms with Crippen LogP contribution < -0.4 is 24.3 Å². The molecule has 174 valence electrons. The highest BCUT2D eigenvalue weighted by Crippen LogP contribution is 2.33. The molecule has 0 saturated heterocycles. The van der Waals surface area contributed by atoms with Gasteiger partial charge in [0.1, 0.15) is 11.5 Å². The van der Waals surface area contributed by atoms with Gasteiger partial charge in [-0.15, -0.1) is 0 Å². The van der Waals surface area contributed by atoms with Crippen molar-refractivity contribution in [3.63, 3.8) is 0 Å². The summed E-state index contributed by atoms with van der Waals surface area (Å²) in [7, 11) is 3.11. The zero-order valence-corrected chi connectivity index (χ0v) is 19.3. The molecule has 2 aromatic carbocycles. The monoisotopic (exact) mass is 472 g/mol. The van der Waals surface area contributed by atoms with Crippen molar-refractivity contribution in [3.05, 3.63) is 53.4 Å². The molecule has 1 aliphatic rings. The van der Waals surface area contributed by atoms with Gasteiger partial charge in [0.25, 0.3) is 5.91 Å². The summed E-state index contributed by atoms with van der Waals surface area (Å²) in [6.07, 6.45) is 0. The summed E-state index contributed by atoms with van der Waals surface area (Å²) in [5.74, 6) is 3.07. The number of carbonyl (C=O) groups excluding carboxylic acids is 1. The molecule has 10 heteroatoms. The van der Waals surface area contributed by atoms with Crippen LogP contribution in [0.1, 0.15) is 17.0 Å². The molecule has 0 aliphatic carbocycles. The molecule has 4 rings (SSSR count). The van der Waals surface area contributed by atoms with Crippen molar-refractivity contribution in [1.82, 2.24) is 10.3 Å². The van der Waals surface area contributed by atoms with Gasteiger partial charge in [-0.2, -0.15) is 0 Å². The average Bonchev–Trinajstić information content (AvgIpc) is 3.43. The van der Waals surface area contributed by atoms with Crippen LogP contribution in [-0.4, -0.2) is 42.2 Å². The number of nitrogens with one attached hydrogen (secondary N) is 1. The maximum Gasteiger partial charge on any atom is 0.270 e. The summed E-state index contributed by atoms with van der Waals surface area (Å²) in [5.41, 5.74) is 2.11. The molecule has 1 aliphatic heterocycles. The number of hydrogen-bond acceptors (Lipinski definition) is 8. The first-order valence-electron chi connectivity index (χ1n) is 10.2. The fourth-order valence-corrected chi connectivity index (χ4v) is 4.38. The van der Waals surface area contributed by atoms with Gasteiger partial charge in [-0.1, -0.05) is 6.07 Å². The molecule has 1 N–H and O–H groups in total. The minimum atomic E-state index is -1.45. The lowest BCUT2D eigenvalue weighted by molar-refractivity contribution is -0.118. The van der Waals surface area contributed by atoms with E-state index in [0.717, 1.165) is 5.56 Å². The van der Waals surface area contributed by atoms with Crippen LogP contribution in [-0.2, 0) is 28.3 Å². The van der Waals surface area contributed by atoms with Crippen molar-refractivity contribution >= 4 is 17.1 Å². The Morgan fingerprint density at radius 3 is 2.70 bits per heavy atom. The van der Waals surface area contributed by atoms with E-state index >= 15 is 0 Å². The number of methoxy groups -OCH3 is 2. The van der Waals surface area contributed by atoms with Crippen molar-refractivity contribution in [2.24, 2.45) is 0 Å². The maximum absolute atomic E-state index is 12.6. The number of oxazole rings is 1. The lowest BCUT2D eigenvalue weighted by Crippen LogP contribution is -2.30. The van der Waals surface area contributed by atoms with Crippen LogP contribution in [0.3, 0.4) is 0 Å². The molecule has 0 spiro atoms. The van der Waals surface area contributed by atoms with Gasteiger partial charge in [0.15, 0.2) is 34.5 Å². The molecule has 1 aromatic heterocycles. The molecule has 2 heterocycles. The van der Waals surface area contributed by atoms with E-state index in [1.807, 2.05) is 12.1 Å². The number of hydrogen-bond donors (Lipinski definition) is 1. The van der Waals surface area contributed by atoms with Crippen molar-refractivity contribution in [2.75, 3.05) is 26.8 Å². The van der Waals surface area contributed by atoms with Gasteiger partial charge in [-0.25, -0.2) is 4.98 Å². The Balaban J connectivity index is 1.33. The highest BCUT2D eigenvalue weighted by atomic mass is 32.2. The number of nitrogens with zero attached hydrogens (tertiary/aromatic N) is 1. The Morgan fingerprint density at radius 1 is 1.12 bits per heavy atom. The largest absolute Gasteiger partial charge is 0.616 e. The quantitative estimate of drug-likeness (QED) is 0.473. The minimum Gasteiger partial charge on any atom is -0.616 e. The normalized spacial score (nSPS) is 13.0. The molecule has 1 atom stereocenters. The molecular weight excluding hydrogens is 448 g/mol. The van der Waals surface area contributed by atoms with E-state index < -0.39 is 11.2 Å². The average molecular weight is 473 g/mol. The number of aryl methyl sites for hydroxylation is 1. The van der Waals surface area contributed by atoms with Crippen LogP contribution in [0.15, 0.2) is 40.8 Å². The molecule has 9 nitrogen and oxygen atoms in total. The first-order chi connectivity index (χ1) is 16.0. The van der Waals surface area contributed by atoms with Crippen LogP contribution in [0, 0.1) is 6.92 Å². The van der Waals surface area contributed by atoms with E-state index in [1.54, 1.807) is 45.4 Å². The Kier molecular flexibility index (Phi) is 6.95. The van der Waals surface area contributed by atoms with Crippen molar-refractivity contribution in [3.8, 4) is 34.5 Å². The summed E-state index contributed by atoms with van der Waals surface area (Å²) in [5, 5.41) is 2.78. The third kappa shape index (κ3) is 5.35. The molecule has 3 aromatic rings. The molecule has 1 unspecified atom stereocenters. The standard InChI is InChI=1S/C23H24N2O7S/c1-14-17(25-23(32-14)16-5-7-18(28-2)20(9-16)29-3)11-33(27)12-22(26)24-10-15-4-6-19-21(8-15)31-13-30-19/h4-9H,10-13H2,1-3H3,(H,24,26). The molecule has 0 saturated carbocycles. The van der Waals surface area contributed by atoms with Crippen LogP contribution in [0.25, 0.3) is 11.5 Å². The summed E-state index contributed by atoms with van der Waals surface area (Å²) in [4.78, 5) is 16.7. The number of fused-ring (bicyclic) bond motifs is 1. The van der Waals surface area contributed by atoms with Crippen LogP contribution in [0.2, 0.25) is 0 Å². The van der Waals surface area contributed by atoms with E-state index in [-0.39, 0.29) is 24.2 Å². The molecule has 0 radical (unpaired) electrons. The molecule has 1 amide bonds. The third-order valence-electron chi connectivity index (χ3n) is 5.04. The van der Waals surface area contributed by atoms with E-state index in [0.29, 0.717) is 52.5 Å². The van der Waals surface area contributed by atoms with E-state index in [4.69, 9.17) is 23.4 Å². The predicted octanol–water partition coefficient (Wildman–Crippen LogP) is 2.96. The Labute approximate surface area is 194 Å². The third-order valence-corrected chi connectivity index (χ3v) is 6.22. The highest BCUT2D eigenvalue weighted by Gasteiger charge is 2.21. The number of aromatic nitrogens is 1. The fraction of sp³-hybridized carbons (Fsp3) is 0.304. The Morgan fingerprint density at radius 2 is 1.91 bits per heavy atom. The van der Waals surface area contributed by atoms with Gasteiger partial charge in [0.05, 0.1) is 14.2 Å². The number of benzene rings is 2. The number of ether oxygens (including phenoxy) is 4. The lowest BCUT2D eigenvalue weighted by atomic mass is 10.2. The van der Waals surface area contributed by atoms with Crippen molar-refractivity contribution < 1.29 is 32.7 Å². The van der Waals surface area contributed by atoms with Gasteiger partial charge in [0.2, 0.25) is 12.7 Å². The SMILES string of the molecule is COc1ccc(-c2nc(C[S+]([O-])CC(=O)NCc3ccc4c(c3)OCO4)c(C)o2)cc1OC. The second kappa shape index (κ2) is 10.1. The van der Waals surface area contributed by atoms with E-state index in [9.17, 15) is 9.35 Å². The second-order valence-electron chi connectivity index (χ2n) is 7.28. The number of carbonyl (C=O) groups is 1. The Bertz CT molecular complexity index is 1150. The number of amides is 1. The first kappa shape index (κ1) is 22.8. The first-order valence-corrected chi connectivity index (χ1v) is 11.6. The fourth-order valence-electron chi connectivity index (χ4n) is 3.31. The second-order valence-corrected chi connectivity index (χ2v) is 8.74. The molecular formula is C23H24N2O7S. The topological polar surface area (TPSA) is 115 Å². The maximum atomic E-state index is 12.6. The van der Waals surface area contributed by atoms with Crippen LogP contribution in [0.5, 0.6) is 23.0 Å². The summed E-state index contributed by atoms with van der Waals surface area (Å²) in [6.45, 7) is 2.25. The highest BCUT2D eigenvalue weighted by molar-refractivity contribution is 7.91. The van der Waals surface area contributed by atoms with Crippen molar-refractivity contribution in [1.29, 1.82) is 0 Å². The van der Waals surface area contributed by atoms with Crippen LogP contribution in [0.4, 0.5) is 0 Å². The van der Waals surface area contributed by atoms with Gasteiger partial charge < -0.3 is 33.2 Å². The number of rotatable bonds is 9. The summed E-state index contributed by atoms with van der Waals surface area (Å²) >= 11 is -1.45. The summed E-state index contributed by atoms with van der Waals surface area (Å²) < 4.78 is 39.5. The van der Waals surface area contributed by atoms with Gasteiger partial charge in [-0.3, -0.25) is 4.79 Å². The van der Waals surface area contributed by atoms with E-state index in [2.05, 4.69) is 10.3 Å². The Hall–Kier alpha value is -3.37. The van der Waals surface area contributed by atoms with Crippen LogP contribution >= 0.6 is 0 Å². The lowest BCUT2D eigenvalue weighted by Gasteiger charge is -2.10. The van der Waals surface area contributed by atoms with E-state index in [1.165, 1.54) is 0 Å². The van der Waals surface area contributed by atoms with Gasteiger partial charge in [-0.05, 0) is 54.0 Å². The smallest absolute Gasteiger partial charge is 0.270 e. The zero-order valence-electron chi connectivity index (χ0n) is 18.5. The van der Waals surface area contributed by atoms with Gasteiger partial charge in [0, 0.05) is 12.1 Å². The minimum absolute atomic E-state index is 0.111. The van der Waals surface area contributed by atoms with Crippen molar-refractivity contribution in [2.45, 2.75) is 19.2 Å².